The lowest BCUT2D eigenvalue weighted by Gasteiger charge is -2.23. The number of rotatable bonds is 4. The molecule has 0 spiro atoms. The van der Waals surface area contributed by atoms with Crippen molar-refractivity contribution in [2.24, 2.45) is 5.41 Å². The van der Waals surface area contributed by atoms with E-state index in [1.165, 1.54) is 0 Å². The van der Waals surface area contributed by atoms with Gasteiger partial charge in [0.2, 0.25) is 0 Å². The van der Waals surface area contributed by atoms with Crippen LogP contribution in [-0.2, 0) is 0 Å². The van der Waals surface area contributed by atoms with E-state index in [4.69, 9.17) is 16.7 Å². The van der Waals surface area contributed by atoms with E-state index in [9.17, 15) is 4.79 Å². The molecule has 3 rings (SSSR count). The van der Waals surface area contributed by atoms with Crippen molar-refractivity contribution in [1.82, 2.24) is 10.3 Å². The molecular formula is C16H18ClN3O2S. The van der Waals surface area contributed by atoms with Crippen LogP contribution in [0.5, 0.6) is 0 Å². The summed E-state index contributed by atoms with van der Waals surface area (Å²) in [6, 6.07) is 7.74. The highest BCUT2D eigenvalue weighted by Crippen LogP contribution is 2.38. The van der Waals surface area contributed by atoms with E-state index in [0.29, 0.717) is 6.54 Å². The van der Waals surface area contributed by atoms with Crippen LogP contribution in [0.15, 0.2) is 30.5 Å². The van der Waals surface area contributed by atoms with Gasteiger partial charge < -0.3 is 15.3 Å². The normalized spacial score (nSPS) is 20.7. The van der Waals surface area contributed by atoms with Crippen LogP contribution in [0, 0.1) is 5.41 Å². The van der Waals surface area contributed by atoms with Crippen molar-refractivity contribution in [3.63, 3.8) is 0 Å². The van der Waals surface area contributed by atoms with Crippen LogP contribution >= 0.6 is 22.9 Å². The van der Waals surface area contributed by atoms with E-state index < -0.39 is 6.09 Å². The molecule has 1 saturated heterocycles. The molecule has 1 aromatic heterocycles. The number of aromatic nitrogens is 1. The van der Waals surface area contributed by atoms with Crippen LogP contribution in [0.4, 0.5) is 9.93 Å². The molecule has 0 bridgehead atoms. The maximum absolute atomic E-state index is 10.7. The topological polar surface area (TPSA) is 65.5 Å². The second kappa shape index (κ2) is 6.37. The fourth-order valence-electron chi connectivity index (χ4n) is 2.82. The maximum atomic E-state index is 10.7. The summed E-state index contributed by atoms with van der Waals surface area (Å²) in [5.74, 6) is 0. The van der Waals surface area contributed by atoms with Crippen molar-refractivity contribution in [2.45, 2.75) is 13.3 Å². The van der Waals surface area contributed by atoms with Gasteiger partial charge in [-0.2, -0.15) is 0 Å². The number of amides is 1. The van der Waals surface area contributed by atoms with Gasteiger partial charge >= 0.3 is 6.09 Å². The van der Waals surface area contributed by atoms with Gasteiger partial charge in [0.25, 0.3) is 0 Å². The molecule has 1 amide bonds. The third-order valence-corrected chi connectivity index (χ3v) is 5.55. The fraction of sp³-hybridized carbons (Fsp3) is 0.375. The van der Waals surface area contributed by atoms with E-state index in [-0.39, 0.29) is 5.41 Å². The van der Waals surface area contributed by atoms with Gasteiger partial charge in [0.1, 0.15) is 0 Å². The molecule has 0 saturated carbocycles. The lowest BCUT2D eigenvalue weighted by atomic mass is 9.90. The number of carbonyl (C=O) groups is 1. The summed E-state index contributed by atoms with van der Waals surface area (Å²) in [6.45, 7) is 4.24. The highest BCUT2D eigenvalue weighted by molar-refractivity contribution is 7.19. The average Bonchev–Trinajstić information content (AvgIpc) is 3.13. The molecule has 2 aromatic rings. The fourth-order valence-corrected chi connectivity index (χ4v) is 4.09. The maximum Gasteiger partial charge on any atom is 0.404 e. The molecule has 2 N–H and O–H groups in total. The SMILES string of the molecule is CC1(CNC(=O)O)CCN(c2ncc(-c3ccccc3Cl)s2)C1. The minimum absolute atomic E-state index is 0.0609. The Morgan fingerprint density at radius 1 is 1.52 bits per heavy atom. The number of hydrogen-bond acceptors (Lipinski definition) is 4. The minimum Gasteiger partial charge on any atom is -0.465 e. The van der Waals surface area contributed by atoms with Gasteiger partial charge in [0, 0.05) is 41.8 Å². The molecule has 122 valence electrons. The van der Waals surface area contributed by atoms with E-state index in [2.05, 4.69) is 22.1 Å². The van der Waals surface area contributed by atoms with Gasteiger partial charge in [-0.15, -0.1) is 0 Å². The summed E-state index contributed by atoms with van der Waals surface area (Å²) in [5.41, 5.74) is 0.932. The van der Waals surface area contributed by atoms with Gasteiger partial charge in [0.05, 0.1) is 4.88 Å². The monoisotopic (exact) mass is 351 g/mol. The highest BCUT2D eigenvalue weighted by Gasteiger charge is 2.35. The number of thiazole rings is 1. The van der Waals surface area contributed by atoms with Crippen LogP contribution < -0.4 is 10.2 Å². The van der Waals surface area contributed by atoms with Crippen molar-refractivity contribution in [3.05, 3.63) is 35.5 Å². The molecule has 1 fully saturated rings. The molecule has 1 aliphatic rings. The second-order valence-corrected chi connectivity index (χ2v) is 7.54. The lowest BCUT2D eigenvalue weighted by Crippen LogP contribution is -2.37. The zero-order valence-corrected chi connectivity index (χ0v) is 14.3. The number of carboxylic acid groups (broad SMARTS) is 1. The number of nitrogens with one attached hydrogen (secondary N) is 1. The smallest absolute Gasteiger partial charge is 0.404 e. The van der Waals surface area contributed by atoms with Gasteiger partial charge in [0.15, 0.2) is 5.13 Å². The lowest BCUT2D eigenvalue weighted by molar-refractivity contribution is 0.188. The van der Waals surface area contributed by atoms with Crippen LogP contribution in [0.25, 0.3) is 10.4 Å². The standard InChI is InChI=1S/C16H18ClN3O2S/c1-16(9-19-15(21)22)6-7-20(10-16)14-18-8-13(23-14)11-4-2-3-5-12(11)17/h2-5,8,19H,6-7,9-10H2,1H3,(H,21,22). The molecule has 1 atom stereocenters. The summed E-state index contributed by atoms with van der Waals surface area (Å²) >= 11 is 7.86. The Morgan fingerprint density at radius 3 is 3.04 bits per heavy atom. The Hall–Kier alpha value is -1.79. The Kier molecular flexibility index (Phi) is 4.46. The molecule has 23 heavy (non-hydrogen) atoms. The largest absolute Gasteiger partial charge is 0.465 e. The molecule has 7 heteroatoms. The first kappa shape index (κ1) is 16.1. The predicted molar refractivity (Wildman–Crippen MR) is 93.5 cm³/mol. The summed E-state index contributed by atoms with van der Waals surface area (Å²) in [7, 11) is 0. The van der Waals surface area contributed by atoms with Crippen molar-refractivity contribution in [1.29, 1.82) is 0 Å². The van der Waals surface area contributed by atoms with Gasteiger partial charge in [-0.1, -0.05) is 48.1 Å². The Balaban J connectivity index is 1.72. The third-order valence-electron chi connectivity index (χ3n) is 4.13. The first-order valence-corrected chi connectivity index (χ1v) is 8.59. The minimum atomic E-state index is -0.972. The first-order chi connectivity index (χ1) is 11.0. The molecule has 5 nitrogen and oxygen atoms in total. The third kappa shape index (κ3) is 3.59. The van der Waals surface area contributed by atoms with Crippen molar-refractivity contribution >= 4 is 34.2 Å². The second-order valence-electron chi connectivity index (χ2n) is 6.13. The molecule has 1 unspecified atom stereocenters. The Bertz CT molecular complexity index is 721. The number of nitrogens with zero attached hydrogens (tertiary/aromatic N) is 2. The van der Waals surface area contributed by atoms with E-state index in [1.807, 2.05) is 30.5 Å². The highest BCUT2D eigenvalue weighted by atomic mass is 35.5. The van der Waals surface area contributed by atoms with Gasteiger partial charge in [-0.3, -0.25) is 0 Å². The average molecular weight is 352 g/mol. The molecule has 0 aliphatic carbocycles. The van der Waals surface area contributed by atoms with Crippen LogP contribution in [0.2, 0.25) is 5.02 Å². The van der Waals surface area contributed by atoms with Crippen LogP contribution in [-0.4, -0.2) is 35.8 Å². The van der Waals surface area contributed by atoms with Crippen LogP contribution in [0.1, 0.15) is 13.3 Å². The Labute approximate surface area is 143 Å². The molecule has 2 heterocycles. The van der Waals surface area contributed by atoms with E-state index >= 15 is 0 Å². The van der Waals surface area contributed by atoms with Crippen molar-refractivity contribution < 1.29 is 9.90 Å². The predicted octanol–water partition coefficient (Wildman–Crippen LogP) is 3.95. The van der Waals surface area contributed by atoms with Gasteiger partial charge in [-0.25, -0.2) is 9.78 Å². The summed E-state index contributed by atoms with van der Waals surface area (Å²) in [5, 5.41) is 13.0. The van der Waals surface area contributed by atoms with Crippen LogP contribution in [0.3, 0.4) is 0 Å². The number of benzene rings is 1. The molecule has 0 radical (unpaired) electrons. The zero-order valence-electron chi connectivity index (χ0n) is 12.8. The molecule has 1 aromatic carbocycles. The summed E-state index contributed by atoms with van der Waals surface area (Å²) in [4.78, 5) is 18.5. The molecular weight excluding hydrogens is 334 g/mol. The number of hydrogen-bond donors (Lipinski definition) is 2. The Morgan fingerprint density at radius 2 is 2.30 bits per heavy atom. The summed E-state index contributed by atoms with van der Waals surface area (Å²) < 4.78 is 0. The number of anilines is 1. The zero-order chi connectivity index (χ0) is 16.4. The first-order valence-electron chi connectivity index (χ1n) is 7.39. The van der Waals surface area contributed by atoms with Crippen molar-refractivity contribution in [3.8, 4) is 10.4 Å². The quantitative estimate of drug-likeness (QED) is 0.875. The molecule has 1 aliphatic heterocycles. The number of halogens is 1. The summed E-state index contributed by atoms with van der Waals surface area (Å²) in [6.07, 6.45) is 1.82. The van der Waals surface area contributed by atoms with E-state index in [1.54, 1.807) is 11.3 Å². The van der Waals surface area contributed by atoms with Gasteiger partial charge in [-0.05, 0) is 12.5 Å². The van der Waals surface area contributed by atoms with Crippen molar-refractivity contribution in [2.75, 3.05) is 24.5 Å². The van der Waals surface area contributed by atoms with E-state index in [0.717, 1.165) is 40.1 Å².